The van der Waals surface area contributed by atoms with Gasteiger partial charge in [-0.05, 0) is 32.4 Å². The summed E-state index contributed by atoms with van der Waals surface area (Å²) in [6.45, 7) is 6.15. The summed E-state index contributed by atoms with van der Waals surface area (Å²) < 4.78 is 5.40. The maximum absolute atomic E-state index is 11.4. The highest BCUT2D eigenvalue weighted by Gasteiger charge is 2.09. The average molecular weight is 245 g/mol. The van der Waals surface area contributed by atoms with Crippen LogP contribution in [0.15, 0.2) is 23.3 Å². The van der Waals surface area contributed by atoms with Gasteiger partial charge in [0.05, 0.1) is 18.5 Å². The molecule has 0 radical (unpaired) electrons. The van der Waals surface area contributed by atoms with Gasteiger partial charge in [-0.1, -0.05) is 0 Å². The predicted molar refractivity (Wildman–Crippen MR) is 68.7 cm³/mol. The SMILES string of the molecule is CCOc1cncc(-c2n[nH]c(=O)c(C)c2C)c1. The van der Waals surface area contributed by atoms with Crippen LogP contribution in [0.1, 0.15) is 18.1 Å². The van der Waals surface area contributed by atoms with Crippen molar-refractivity contribution in [2.24, 2.45) is 0 Å². The molecule has 94 valence electrons. The molecule has 0 aliphatic heterocycles. The van der Waals surface area contributed by atoms with Gasteiger partial charge in [0.25, 0.3) is 5.56 Å². The van der Waals surface area contributed by atoms with Gasteiger partial charge >= 0.3 is 0 Å². The van der Waals surface area contributed by atoms with E-state index in [4.69, 9.17) is 4.74 Å². The molecule has 5 heteroatoms. The van der Waals surface area contributed by atoms with Crippen molar-refractivity contribution in [3.05, 3.63) is 39.9 Å². The first-order valence-electron chi connectivity index (χ1n) is 5.77. The molecule has 0 fully saturated rings. The molecule has 0 saturated heterocycles. The van der Waals surface area contributed by atoms with E-state index >= 15 is 0 Å². The molecule has 18 heavy (non-hydrogen) atoms. The number of rotatable bonds is 3. The molecule has 0 spiro atoms. The van der Waals surface area contributed by atoms with Crippen LogP contribution in [0.3, 0.4) is 0 Å². The first kappa shape index (κ1) is 12.3. The van der Waals surface area contributed by atoms with E-state index in [2.05, 4.69) is 15.2 Å². The quantitative estimate of drug-likeness (QED) is 0.896. The van der Waals surface area contributed by atoms with E-state index in [1.807, 2.05) is 19.9 Å². The summed E-state index contributed by atoms with van der Waals surface area (Å²) in [5, 5.41) is 6.56. The Hall–Kier alpha value is -2.17. The number of aromatic amines is 1. The number of hydrogen-bond donors (Lipinski definition) is 1. The topological polar surface area (TPSA) is 67.9 Å². The number of hydrogen-bond acceptors (Lipinski definition) is 4. The molecular weight excluding hydrogens is 230 g/mol. The molecule has 0 aromatic carbocycles. The summed E-state index contributed by atoms with van der Waals surface area (Å²) in [4.78, 5) is 15.6. The molecule has 2 heterocycles. The maximum atomic E-state index is 11.4. The summed E-state index contributed by atoms with van der Waals surface area (Å²) in [6, 6.07) is 1.86. The first-order chi connectivity index (χ1) is 8.63. The third-order valence-corrected chi connectivity index (χ3v) is 2.83. The van der Waals surface area contributed by atoms with E-state index in [0.29, 0.717) is 17.9 Å². The predicted octanol–water partition coefficient (Wildman–Crippen LogP) is 1.85. The number of aromatic nitrogens is 3. The van der Waals surface area contributed by atoms with Gasteiger partial charge in [0.15, 0.2) is 0 Å². The van der Waals surface area contributed by atoms with Crippen LogP contribution in [0, 0.1) is 13.8 Å². The molecule has 2 rings (SSSR count). The van der Waals surface area contributed by atoms with Gasteiger partial charge in [-0.15, -0.1) is 0 Å². The summed E-state index contributed by atoms with van der Waals surface area (Å²) >= 11 is 0. The Morgan fingerprint density at radius 3 is 2.78 bits per heavy atom. The highest BCUT2D eigenvalue weighted by Crippen LogP contribution is 2.23. The lowest BCUT2D eigenvalue weighted by atomic mass is 10.1. The average Bonchev–Trinajstić information content (AvgIpc) is 2.37. The molecule has 0 atom stereocenters. The van der Waals surface area contributed by atoms with Gasteiger partial charge in [0.2, 0.25) is 0 Å². The summed E-state index contributed by atoms with van der Waals surface area (Å²) in [5.74, 6) is 0.694. The Kier molecular flexibility index (Phi) is 3.41. The van der Waals surface area contributed by atoms with Crippen LogP contribution in [-0.4, -0.2) is 21.8 Å². The molecule has 0 saturated carbocycles. The third kappa shape index (κ3) is 2.25. The zero-order chi connectivity index (χ0) is 13.1. The van der Waals surface area contributed by atoms with E-state index in [1.165, 1.54) is 0 Å². The van der Waals surface area contributed by atoms with Crippen molar-refractivity contribution in [1.29, 1.82) is 0 Å². The van der Waals surface area contributed by atoms with E-state index in [-0.39, 0.29) is 5.56 Å². The largest absolute Gasteiger partial charge is 0.492 e. The van der Waals surface area contributed by atoms with Crippen LogP contribution in [0.2, 0.25) is 0 Å². The number of nitrogens with one attached hydrogen (secondary N) is 1. The third-order valence-electron chi connectivity index (χ3n) is 2.83. The van der Waals surface area contributed by atoms with Crippen LogP contribution in [0.25, 0.3) is 11.3 Å². The van der Waals surface area contributed by atoms with Crippen molar-refractivity contribution in [3.8, 4) is 17.0 Å². The highest BCUT2D eigenvalue weighted by molar-refractivity contribution is 5.63. The lowest BCUT2D eigenvalue weighted by Gasteiger charge is -2.08. The molecule has 0 aliphatic rings. The molecule has 0 amide bonds. The van der Waals surface area contributed by atoms with Crippen molar-refractivity contribution in [3.63, 3.8) is 0 Å². The van der Waals surface area contributed by atoms with Crippen molar-refractivity contribution in [2.75, 3.05) is 6.61 Å². The fourth-order valence-corrected chi connectivity index (χ4v) is 1.70. The van der Waals surface area contributed by atoms with Crippen LogP contribution >= 0.6 is 0 Å². The molecule has 0 aliphatic carbocycles. The van der Waals surface area contributed by atoms with Crippen molar-refractivity contribution in [2.45, 2.75) is 20.8 Å². The Labute approximate surface area is 105 Å². The van der Waals surface area contributed by atoms with E-state index in [1.54, 1.807) is 19.3 Å². The Morgan fingerprint density at radius 1 is 1.28 bits per heavy atom. The number of nitrogens with zero attached hydrogens (tertiary/aromatic N) is 2. The molecular formula is C13H15N3O2. The van der Waals surface area contributed by atoms with Gasteiger partial charge in [0.1, 0.15) is 5.75 Å². The van der Waals surface area contributed by atoms with Gasteiger partial charge < -0.3 is 4.74 Å². The highest BCUT2D eigenvalue weighted by atomic mass is 16.5. The molecule has 2 aromatic heterocycles. The second-order valence-corrected chi connectivity index (χ2v) is 3.99. The van der Waals surface area contributed by atoms with Gasteiger partial charge in [0, 0.05) is 17.3 Å². The van der Waals surface area contributed by atoms with E-state index in [9.17, 15) is 4.79 Å². The first-order valence-corrected chi connectivity index (χ1v) is 5.77. The van der Waals surface area contributed by atoms with Crippen LogP contribution in [0.4, 0.5) is 0 Å². The van der Waals surface area contributed by atoms with Crippen LogP contribution in [0.5, 0.6) is 5.75 Å². The smallest absolute Gasteiger partial charge is 0.267 e. The van der Waals surface area contributed by atoms with Crippen LogP contribution in [-0.2, 0) is 0 Å². The fraction of sp³-hybridized carbons (Fsp3) is 0.308. The maximum Gasteiger partial charge on any atom is 0.267 e. The normalized spacial score (nSPS) is 10.4. The Bertz CT molecular complexity index is 620. The van der Waals surface area contributed by atoms with Gasteiger partial charge in [-0.2, -0.15) is 5.10 Å². The van der Waals surface area contributed by atoms with Crippen LogP contribution < -0.4 is 10.3 Å². The summed E-state index contributed by atoms with van der Waals surface area (Å²) in [5.41, 5.74) is 2.92. The van der Waals surface area contributed by atoms with E-state index in [0.717, 1.165) is 16.8 Å². The number of ether oxygens (including phenoxy) is 1. The second-order valence-electron chi connectivity index (χ2n) is 3.99. The molecule has 2 aromatic rings. The van der Waals surface area contributed by atoms with E-state index < -0.39 is 0 Å². The van der Waals surface area contributed by atoms with Crippen molar-refractivity contribution < 1.29 is 4.74 Å². The zero-order valence-corrected chi connectivity index (χ0v) is 10.7. The molecule has 0 bridgehead atoms. The lowest BCUT2D eigenvalue weighted by Crippen LogP contribution is -2.14. The Balaban J connectivity index is 2.52. The summed E-state index contributed by atoms with van der Waals surface area (Å²) in [6.07, 6.45) is 3.36. The molecule has 5 nitrogen and oxygen atoms in total. The van der Waals surface area contributed by atoms with Gasteiger partial charge in [-0.3, -0.25) is 9.78 Å². The van der Waals surface area contributed by atoms with Crippen molar-refractivity contribution >= 4 is 0 Å². The second kappa shape index (κ2) is 5.00. The van der Waals surface area contributed by atoms with Crippen molar-refractivity contribution in [1.82, 2.24) is 15.2 Å². The standard InChI is InChI=1S/C13H15N3O2/c1-4-18-11-5-10(6-14-7-11)12-8(2)9(3)13(17)16-15-12/h5-7H,4H2,1-3H3,(H,16,17). The van der Waals surface area contributed by atoms with Gasteiger partial charge in [-0.25, -0.2) is 5.10 Å². The zero-order valence-electron chi connectivity index (χ0n) is 10.7. The fourth-order valence-electron chi connectivity index (χ4n) is 1.70. The number of pyridine rings is 1. The summed E-state index contributed by atoms with van der Waals surface area (Å²) in [7, 11) is 0. The minimum Gasteiger partial charge on any atom is -0.492 e. The number of H-pyrrole nitrogens is 1. The lowest BCUT2D eigenvalue weighted by molar-refractivity contribution is 0.339. The monoisotopic (exact) mass is 245 g/mol. The molecule has 0 unspecified atom stereocenters. The molecule has 1 N–H and O–H groups in total. The minimum absolute atomic E-state index is 0.162. The Morgan fingerprint density at radius 2 is 2.06 bits per heavy atom. The minimum atomic E-state index is -0.162.